The van der Waals surface area contributed by atoms with Gasteiger partial charge >= 0.3 is 0 Å². The van der Waals surface area contributed by atoms with Crippen LogP contribution in [-0.4, -0.2) is 42.7 Å². The fourth-order valence-electron chi connectivity index (χ4n) is 3.63. The van der Waals surface area contributed by atoms with Crippen molar-refractivity contribution >= 4 is 17.5 Å². The summed E-state index contributed by atoms with van der Waals surface area (Å²) in [5.41, 5.74) is 2.98. The second kappa shape index (κ2) is 12.5. The highest BCUT2D eigenvalue weighted by atomic mass is 16.5. The summed E-state index contributed by atoms with van der Waals surface area (Å²) < 4.78 is 5.25. The van der Waals surface area contributed by atoms with Gasteiger partial charge in [0.15, 0.2) is 0 Å². The fourth-order valence-corrected chi connectivity index (χ4v) is 3.63. The molecular weight excluding hydrogens is 430 g/mol. The van der Waals surface area contributed by atoms with Crippen molar-refractivity contribution in [2.24, 2.45) is 0 Å². The number of benzene rings is 3. The predicted octanol–water partition coefficient (Wildman–Crippen LogP) is 3.15. The number of amides is 2. The van der Waals surface area contributed by atoms with Gasteiger partial charge in [-0.2, -0.15) is 0 Å². The van der Waals surface area contributed by atoms with E-state index in [9.17, 15) is 14.7 Å². The zero-order valence-corrected chi connectivity index (χ0v) is 19.5. The van der Waals surface area contributed by atoms with E-state index in [0.717, 1.165) is 16.9 Å². The van der Waals surface area contributed by atoms with E-state index >= 15 is 0 Å². The Bertz CT molecular complexity index is 1090. The molecule has 0 fully saturated rings. The molecule has 0 aliphatic carbocycles. The zero-order valence-electron chi connectivity index (χ0n) is 19.5. The summed E-state index contributed by atoms with van der Waals surface area (Å²) in [7, 11) is 1.62. The lowest BCUT2D eigenvalue weighted by molar-refractivity contribution is -0.114. The highest BCUT2D eigenvalue weighted by Gasteiger charge is 2.22. The predicted molar refractivity (Wildman–Crippen MR) is 133 cm³/mol. The maximum atomic E-state index is 13.0. The smallest absolute Gasteiger partial charge is 0.251 e. The van der Waals surface area contributed by atoms with E-state index in [0.29, 0.717) is 30.8 Å². The number of carbonyl (C=O) groups is 2. The van der Waals surface area contributed by atoms with Crippen LogP contribution in [0.3, 0.4) is 0 Å². The Kier molecular flexibility index (Phi) is 9.20. The Morgan fingerprint density at radius 3 is 2.41 bits per heavy atom. The summed E-state index contributed by atoms with van der Waals surface area (Å²) in [6, 6.07) is 23.6. The molecule has 0 saturated carbocycles. The number of rotatable bonds is 11. The molecule has 4 N–H and O–H groups in total. The number of ether oxygens (including phenoxy) is 1. The molecule has 0 aliphatic rings. The summed E-state index contributed by atoms with van der Waals surface area (Å²) in [6.45, 7) is 2.26. The summed E-state index contributed by atoms with van der Waals surface area (Å²) >= 11 is 0. The number of hydrogen-bond acceptors (Lipinski definition) is 5. The molecule has 0 unspecified atom stereocenters. The van der Waals surface area contributed by atoms with Crippen LogP contribution in [0.2, 0.25) is 0 Å². The largest absolute Gasteiger partial charge is 0.497 e. The highest BCUT2D eigenvalue weighted by Crippen LogP contribution is 2.14. The molecule has 3 aromatic rings. The van der Waals surface area contributed by atoms with Gasteiger partial charge < -0.3 is 25.8 Å². The van der Waals surface area contributed by atoms with Crippen LogP contribution in [0.5, 0.6) is 5.75 Å². The molecule has 3 aromatic carbocycles. The first-order valence-corrected chi connectivity index (χ1v) is 11.2. The average molecular weight is 462 g/mol. The van der Waals surface area contributed by atoms with Crippen LogP contribution in [0.25, 0.3) is 0 Å². The third-order valence-electron chi connectivity index (χ3n) is 5.34. The number of methoxy groups -OCH3 is 1. The van der Waals surface area contributed by atoms with Gasteiger partial charge in [-0.15, -0.1) is 0 Å². The molecule has 0 spiro atoms. The molecule has 178 valence electrons. The van der Waals surface area contributed by atoms with E-state index in [-0.39, 0.29) is 11.8 Å². The Morgan fingerprint density at radius 1 is 0.941 bits per heavy atom. The lowest BCUT2D eigenvalue weighted by Gasteiger charge is -2.25. The lowest BCUT2D eigenvalue weighted by atomic mass is 10.00. The van der Waals surface area contributed by atoms with Crippen LogP contribution in [0.1, 0.15) is 28.4 Å². The maximum absolute atomic E-state index is 13.0. The van der Waals surface area contributed by atoms with E-state index < -0.39 is 12.1 Å². The molecule has 0 aliphatic heterocycles. The summed E-state index contributed by atoms with van der Waals surface area (Å²) in [6.07, 6.45) is -0.353. The van der Waals surface area contributed by atoms with Gasteiger partial charge in [-0.3, -0.25) is 9.59 Å². The van der Waals surface area contributed by atoms with Gasteiger partial charge in [0, 0.05) is 31.3 Å². The Balaban J connectivity index is 1.67. The maximum Gasteiger partial charge on any atom is 0.251 e. The highest BCUT2D eigenvalue weighted by molar-refractivity contribution is 5.97. The van der Waals surface area contributed by atoms with Crippen molar-refractivity contribution in [1.82, 2.24) is 10.6 Å². The monoisotopic (exact) mass is 461 g/mol. The number of aliphatic hydroxyl groups is 1. The van der Waals surface area contributed by atoms with Crippen LogP contribution in [0, 0.1) is 0 Å². The standard InChI is InChI=1S/C27H31N3O4/c1-19(31)29-23-12-7-11-22(16-23)27(33)30-25(15-20-8-4-3-5-9-20)26(32)18-28-17-21-10-6-13-24(14-21)34-2/h3-14,16,25-26,28,32H,15,17-18H2,1-2H3,(H,29,31)(H,30,33)/t25-,26-/m0/s1. The fraction of sp³-hybridized carbons (Fsp3) is 0.259. The lowest BCUT2D eigenvalue weighted by Crippen LogP contribution is -2.48. The third-order valence-corrected chi connectivity index (χ3v) is 5.34. The van der Waals surface area contributed by atoms with Crippen LogP contribution in [0.15, 0.2) is 78.9 Å². The minimum atomic E-state index is -0.826. The van der Waals surface area contributed by atoms with E-state index in [1.54, 1.807) is 31.4 Å². The van der Waals surface area contributed by atoms with Crippen molar-refractivity contribution < 1.29 is 19.4 Å². The first kappa shape index (κ1) is 25.0. The molecule has 2 amide bonds. The van der Waals surface area contributed by atoms with Crippen molar-refractivity contribution in [2.45, 2.75) is 32.0 Å². The number of carbonyl (C=O) groups excluding carboxylic acids is 2. The van der Waals surface area contributed by atoms with Gasteiger partial charge in [-0.1, -0.05) is 48.5 Å². The van der Waals surface area contributed by atoms with Crippen molar-refractivity contribution in [3.8, 4) is 5.75 Å². The third kappa shape index (κ3) is 7.72. The van der Waals surface area contributed by atoms with Crippen molar-refractivity contribution in [2.75, 3.05) is 19.0 Å². The molecular formula is C27H31N3O4. The molecule has 0 radical (unpaired) electrons. The number of hydrogen-bond donors (Lipinski definition) is 4. The molecule has 7 nitrogen and oxygen atoms in total. The molecule has 0 bridgehead atoms. The Hall–Kier alpha value is -3.68. The SMILES string of the molecule is COc1cccc(CNC[C@H](O)[C@H](Cc2ccccc2)NC(=O)c2cccc(NC(C)=O)c2)c1. The Morgan fingerprint density at radius 2 is 1.68 bits per heavy atom. The molecule has 0 saturated heterocycles. The Labute approximate surface area is 200 Å². The van der Waals surface area contributed by atoms with Crippen LogP contribution in [-0.2, 0) is 17.8 Å². The van der Waals surface area contributed by atoms with Gasteiger partial charge in [0.1, 0.15) is 5.75 Å². The molecule has 34 heavy (non-hydrogen) atoms. The van der Waals surface area contributed by atoms with E-state index in [1.807, 2.05) is 54.6 Å². The topological polar surface area (TPSA) is 99.7 Å². The molecule has 3 rings (SSSR count). The van der Waals surface area contributed by atoms with Crippen LogP contribution in [0.4, 0.5) is 5.69 Å². The minimum absolute atomic E-state index is 0.211. The number of aliphatic hydroxyl groups excluding tert-OH is 1. The molecule has 7 heteroatoms. The van der Waals surface area contributed by atoms with Gasteiger partial charge in [0.05, 0.1) is 19.3 Å². The summed E-state index contributed by atoms with van der Waals surface area (Å²) in [5, 5.41) is 19.9. The molecule has 2 atom stereocenters. The zero-order chi connectivity index (χ0) is 24.3. The molecule has 0 aromatic heterocycles. The van der Waals surface area contributed by atoms with E-state index in [2.05, 4.69) is 16.0 Å². The van der Waals surface area contributed by atoms with Crippen LogP contribution >= 0.6 is 0 Å². The molecule has 0 heterocycles. The van der Waals surface area contributed by atoms with Crippen LogP contribution < -0.4 is 20.7 Å². The number of nitrogens with one attached hydrogen (secondary N) is 3. The normalized spacial score (nSPS) is 12.4. The first-order valence-electron chi connectivity index (χ1n) is 11.2. The number of anilines is 1. The summed E-state index contributed by atoms with van der Waals surface area (Å²) in [5.74, 6) is 0.243. The van der Waals surface area contributed by atoms with E-state index in [1.165, 1.54) is 6.92 Å². The van der Waals surface area contributed by atoms with Gasteiger partial charge in [0.25, 0.3) is 5.91 Å². The first-order chi connectivity index (χ1) is 16.4. The van der Waals surface area contributed by atoms with Gasteiger partial charge in [-0.25, -0.2) is 0 Å². The quantitative estimate of drug-likeness (QED) is 0.352. The van der Waals surface area contributed by atoms with Gasteiger partial charge in [-0.05, 0) is 47.9 Å². The second-order valence-corrected chi connectivity index (χ2v) is 8.08. The second-order valence-electron chi connectivity index (χ2n) is 8.08. The summed E-state index contributed by atoms with van der Waals surface area (Å²) in [4.78, 5) is 24.3. The van der Waals surface area contributed by atoms with Gasteiger partial charge in [0.2, 0.25) is 5.91 Å². The van der Waals surface area contributed by atoms with Crippen molar-refractivity contribution in [3.05, 3.63) is 95.6 Å². The van der Waals surface area contributed by atoms with Crippen molar-refractivity contribution in [3.63, 3.8) is 0 Å². The average Bonchev–Trinajstić information content (AvgIpc) is 2.84. The van der Waals surface area contributed by atoms with E-state index in [4.69, 9.17) is 4.74 Å². The van der Waals surface area contributed by atoms with Crippen molar-refractivity contribution in [1.29, 1.82) is 0 Å². The minimum Gasteiger partial charge on any atom is -0.497 e.